The van der Waals surface area contributed by atoms with Crippen LogP contribution in [0.5, 0.6) is 0 Å². The Labute approximate surface area is 116 Å². The van der Waals surface area contributed by atoms with E-state index in [1.807, 2.05) is 6.92 Å². The maximum Gasteiger partial charge on any atom is 0.233 e. The van der Waals surface area contributed by atoms with Gasteiger partial charge in [0.2, 0.25) is 10.0 Å². The molecule has 1 aromatic carbocycles. The van der Waals surface area contributed by atoms with Gasteiger partial charge in [-0.3, -0.25) is 4.72 Å². The summed E-state index contributed by atoms with van der Waals surface area (Å²) in [6.07, 6.45) is 1.00. The van der Waals surface area contributed by atoms with Crippen molar-refractivity contribution in [1.29, 1.82) is 0 Å². The lowest BCUT2D eigenvalue weighted by Crippen LogP contribution is -2.22. The first-order chi connectivity index (χ1) is 8.09. The van der Waals surface area contributed by atoms with Crippen LogP contribution in [-0.2, 0) is 19.9 Å². The third-order valence-electron chi connectivity index (χ3n) is 2.17. The molecule has 1 aromatic rings. The quantitative estimate of drug-likeness (QED) is 0.868. The molecule has 1 N–H and O–H groups in total. The number of sulfonamides is 1. The molecule has 0 saturated carbocycles. The van der Waals surface area contributed by atoms with Crippen LogP contribution in [-0.4, -0.2) is 34.6 Å². The van der Waals surface area contributed by atoms with Gasteiger partial charge in [0.1, 0.15) is 9.84 Å². The predicted molar refractivity (Wildman–Crippen MR) is 76.0 cm³/mol. The molecule has 0 fully saturated rings. The summed E-state index contributed by atoms with van der Waals surface area (Å²) in [5, 5.41) is 0. The molecule has 0 aromatic heterocycles. The summed E-state index contributed by atoms with van der Waals surface area (Å²) in [4.78, 5) is 0. The van der Waals surface area contributed by atoms with E-state index in [4.69, 9.17) is 0 Å². The van der Waals surface area contributed by atoms with Crippen LogP contribution < -0.4 is 4.72 Å². The molecular formula is C10H14BrNO4S2. The zero-order valence-corrected chi connectivity index (χ0v) is 13.2. The predicted octanol–water partition coefficient (Wildman–Crippen LogP) is 1.54. The molecular weight excluding hydrogens is 342 g/mol. The molecule has 18 heavy (non-hydrogen) atoms. The first kappa shape index (κ1) is 15.5. The van der Waals surface area contributed by atoms with Gasteiger partial charge in [-0.2, -0.15) is 0 Å². The Bertz CT molecular complexity index is 638. The summed E-state index contributed by atoms with van der Waals surface area (Å²) < 4.78 is 48.3. The van der Waals surface area contributed by atoms with Gasteiger partial charge in [-0.05, 0) is 24.6 Å². The highest BCUT2D eigenvalue weighted by Gasteiger charge is 2.14. The number of sulfone groups is 1. The molecule has 0 aliphatic carbocycles. The van der Waals surface area contributed by atoms with Gasteiger partial charge in [0.05, 0.1) is 11.5 Å². The topological polar surface area (TPSA) is 80.3 Å². The van der Waals surface area contributed by atoms with Gasteiger partial charge in [-0.25, -0.2) is 16.8 Å². The van der Waals surface area contributed by atoms with E-state index in [9.17, 15) is 16.8 Å². The minimum Gasteiger partial charge on any atom is -0.283 e. The summed E-state index contributed by atoms with van der Waals surface area (Å²) in [6, 6.07) is 5.02. The molecule has 0 atom stereocenters. The highest BCUT2D eigenvalue weighted by Crippen LogP contribution is 2.21. The highest BCUT2D eigenvalue weighted by atomic mass is 79.9. The molecule has 0 bridgehead atoms. The number of nitrogens with one attached hydrogen (secondary N) is 1. The Morgan fingerprint density at radius 2 is 1.78 bits per heavy atom. The summed E-state index contributed by atoms with van der Waals surface area (Å²) in [5.41, 5.74) is 1.38. The van der Waals surface area contributed by atoms with Crippen LogP contribution in [0.15, 0.2) is 22.7 Å². The lowest BCUT2D eigenvalue weighted by molar-refractivity contribution is 0.593. The molecule has 8 heteroatoms. The first-order valence-electron chi connectivity index (χ1n) is 5.03. The number of hydrogen-bond acceptors (Lipinski definition) is 4. The maximum atomic E-state index is 11.7. The molecule has 0 aliphatic rings. The molecule has 0 radical (unpaired) electrons. The highest BCUT2D eigenvalue weighted by molar-refractivity contribution is 9.10. The van der Waals surface area contributed by atoms with E-state index < -0.39 is 31.4 Å². The van der Waals surface area contributed by atoms with Crippen LogP contribution >= 0.6 is 15.9 Å². The van der Waals surface area contributed by atoms with E-state index in [2.05, 4.69) is 20.7 Å². The van der Waals surface area contributed by atoms with Crippen molar-refractivity contribution >= 4 is 41.5 Å². The zero-order chi connectivity index (χ0) is 14.0. The Morgan fingerprint density at radius 1 is 1.17 bits per heavy atom. The Hall–Kier alpha value is -0.600. The fourth-order valence-corrected chi connectivity index (χ4v) is 4.20. The number of hydrogen-bond donors (Lipinski definition) is 1. The number of halogens is 1. The lowest BCUT2D eigenvalue weighted by atomic mass is 10.2. The first-order valence-corrected chi connectivity index (χ1v) is 9.54. The van der Waals surface area contributed by atoms with E-state index in [1.165, 1.54) is 0 Å². The molecule has 102 valence electrons. The second-order valence-electron chi connectivity index (χ2n) is 4.01. The molecule has 0 unspecified atom stereocenters. The second kappa shape index (κ2) is 5.58. The summed E-state index contributed by atoms with van der Waals surface area (Å²) in [5.74, 6) is -0.841. The van der Waals surface area contributed by atoms with Crippen LogP contribution in [0.1, 0.15) is 5.56 Å². The molecule has 5 nitrogen and oxygen atoms in total. The largest absolute Gasteiger partial charge is 0.283 e. The van der Waals surface area contributed by atoms with Gasteiger partial charge < -0.3 is 0 Å². The Kier molecular flexibility index (Phi) is 4.79. The Balaban J connectivity index is 2.80. The molecule has 0 heterocycles. The van der Waals surface area contributed by atoms with Gasteiger partial charge in [0.25, 0.3) is 0 Å². The van der Waals surface area contributed by atoms with Crippen molar-refractivity contribution in [2.24, 2.45) is 0 Å². The molecule has 0 aliphatic heterocycles. The third-order valence-corrected chi connectivity index (χ3v) is 5.51. The minimum absolute atomic E-state index is 0.393. The van der Waals surface area contributed by atoms with E-state index in [-0.39, 0.29) is 0 Å². The fourth-order valence-electron chi connectivity index (χ4n) is 1.15. The summed E-state index contributed by atoms with van der Waals surface area (Å²) in [7, 11) is -6.94. The fraction of sp³-hybridized carbons (Fsp3) is 0.400. The number of aryl methyl sites for hydroxylation is 1. The summed E-state index contributed by atoms with van der Waals surface area (Å²) in [6.45, 7) is 1.88. The van der Waals surface area contributed by atoms with E-state index in [0.717, 1.165) is 16.3 Å². The smallest absolute Gasteiger partial charge is 0.233 e. The zero-order valence-electron chi connectivity index (χ0n) is 9.97. The van der Waals surface area contributed by atoms with Crippen LogP contribution in [0, 0.1) is 6.92 Å². The second-order valence-corrected chi connectivity index (χ2v) is 8.97. The maximum absolute atomic E-state index is 11.7. The standard InChI is InChI=1S/C10H14BrNO4S2/c1-8-3-4-9(7-10(8)11)12-18(15,16)6-5-17(2,13)14/h3-4,7,12H,5-6H2,1-2H3. The average molecular weight is 356 g/mol. The van der Waals surface area contributed by atoms with Crippen molar-refractivity contribution in [3.63, 3.8) is 0 Å². The third kappa shape index (κ3) is 5.36. The van der Waals surface area contributed by atoms with Gasteiger partial charge in [0.15, 0.2) is 0 Å². The molecule has 1 rings (SSSR count). The number of rotatable bonds is 5. The van der Waals surface area contributed by atoms with E-state index in [0.29, 0.717) is 5.69 Å². The normalized spacial score (nSPS) is 12.4. The van der Waals surface area contributed by atoms with Crippen molar-refractivity contribution in [1.82, 2.24) is 0 Å². The molecule has 0 saturated heterocycles. The van der Waals surface area contributed by atoms with Crippen molar-refractivity contribution in [2.75, 3.05) is 22.5 Å². The van der Waals surface area contributed by atoms with Gasteiger partial charge in [-0.15, -0.1) is 0 Å². The Morgan fingerprint density at radius 3 is 2.28 bits per heavy atom. The summed E-state index contributed by atoms with van der Waals surface area (Å²) >= 11 is 3.29. The van der Waals surface area contributed by atoms with E-state index in [1.54, 1.807) is 18.2 Å². The van der Waals surface area contributed by atoms with Crippen molar-refractivity contribution in [3.8, 4) is 0 Å². The average Bonchev–Trinajstić information content (AvgIpc) is 2.20. The lowest BCUT2D eigenvalue weighted by Gasteiger charge is -2.08. The minimum atomic E-state index is -3.65. The van der Waals surface area contributed by atoms with Gasteiger partial charge >= 0.3 is 0 Å². The van der Waals surface area contributed by atoms with Gasteiger partial charge in [0, 0.05) is 16.4 Å². The van der Waals surface area contributed by atoms with Crippen LogP contribution in [0.4, 0.5) is 5.69 Å². The number of anilines is 1. The van der Waals surface area contributed by atoms with E-state index >= 15 is 0 Å². The SMILES string of the molecule is Cc1ccc(NS(=O)(=O)CCS(C)(=O)=O)cc1Br. The molecule has 0 amide bonds. The van der Waals surface area contributed by atoms with Crippen LogP contribution in [0.3, 0.4) is 0 Å². The van der Waals surface area contributed by atoms with Crippen molar-refractivity contribution in [3.05, 3.63) is 28.2 Å². The number of benzene rings is 1. The van der Waals surface area contributed by atoms with Crippen LogP contribution in [0.25, 0.3) is 0 Å². The van der Waals surface area contributed by atoms with Crippen molar-refractivity contribution in [2.45, 2.75) is 6.92 Å². The monoisotopic (exact) mass is 355 g/mol. The van der Waals surface area contributed by atoms with Crippen LogP contribution in [0.2, 0.25) is 0 Å². The molecule has 0 spiro atoms. The van der Waals surface area contributed by atoms with Gasteiger partial charge in [-0.1, -0.05) is 22.0 Å². The van der Waals surface area contributed by atoms with Crippen molar-refractivity contribution < 1.29 is 16.8 Å².